The molecule has 0 radical (unpaired) electrons. The molecule has 0 saturated heterocycles. The molecule has 14 heteroatoms. The molecule has 0 spiro atoms. The van der Waals surface area contributed by atoms with Gasteiger partial charge in [-0.05, 0) is 55.7 Å². The quantitative estimate of drug-likeness (QED) is 0.348. The van der Waals surface area contributed by atoms with Gasteiger partial charge in [-0.1, -0.05) is 60.1 Å². The number of halogens is 6. The van der Waals surface area contributed by atoms with Gasteiger partial charge in [0.2, 0.25) is 21.8 Å². The van der Waals surface area contributed by atoms with E-state index in [1.807, 2.05) is 0 Å². The van der Waals surface area contributed by atoms with Crippen molar-refractivity contribution in [2.75, 3.05) is 17.1 Å². The van der Waals surface area contributed by atoms with Crippen LogP contribution in [0, 0.1) is 0 Å². The zero-order chi connectivity index (χ0) is 29.8. The molecule has 0 unspecified atom stereocenters. The topological polar surface area (TPSA) is 86.8 Å². The smallest absolute Gasteiger partial charge is 0.352 e. The highest BCUT2D eigenvalue weighted by molar-refractivity contribution is 7.92. The van der Waals surface area contributed by atoms with E-state index in [0.29, 0.717) is 27.0 Å². The monoisotopic (exact) mass is 641 g/mol. The van der Waals surface area contributed by atoms with E-state index in [4.69, 9.17) is 34.8 Å². The lowest BCUT2D eigenvalue weighted by Crippen LogP contribution is -2.53. The highest BCUT2D eigenvalue weighted by atomic mass is 35.5. The number of hydrogen-bond acceptors (Lipinski definition) is 4. The van der Waals surface area contributed by atoms with Gasteiger partial charge in [0.1, 0.15) is 12.6 Å². The number of anilines is 1. The summed E-state index contributed by atoms with van der Waals surface area (Å²) in [4.78, 5) is 28.0. The number of sulfonamides is 1. The maximum atomic E-state index is 13.7. The van der Waals surface area contributed by atoms with Crippen molar-refractivity contribution < 1.29 is 31.2 Å². The van der Waals surface area contributed by atoms with Crippen LogP contribution >= 0.6 is 34.8 Å². The van der Waals surface area contributed by atoms with Crippen LogP contribution in [0.15, 0.2) is 36.4 Å². The molecule has 2 aromatic rings. The molecule has 1 saturated carbocycles. The fourth-order valence-electron chi connectivity index (χ4n) is 4.46. The van der Waals surface area contributed by atoms with Gasteiger partial charge in [-0.15, -0.1) is 0 Å². The number of alkyl halides is 3. The number of nitrogens with zero attached hydrogens (tertiary/aromatic N) is 2. The van der Waals surface area contributed by atoms with Gasteiger partial charge in [0.15, 0.2) is 0 Å². The first-order valence-corrected chi connectivity index (χ1v) is 15.4. The molecule has 2 aromatic carbocycles. The van der Waals surface area contributed by atoms with Crippen molar-refractivity contribution in [2.45, 2.75) is 63.8 Å². The summed E-state index contributed by atoms with van der Waals surface area (Å²) in [7, 11) is -4.30. The normalized spacial score (nSPS) is 15.4. The van der Waals surface area contributed by atoms with Crippen LogP contribution in [0.1, 0.15) is 50.2 Å². The first-order valence-electron chi connectivity index (χ1n) is 12.5. The molecule has 40 heavy (non-hydrogen) atoms. The van der Waals surface area contributed by atoms with Gasteiger partial charge in [0.05, 0.1) is 22.5 Å². The lowest BCUT2D eigenvalue weighted by Gasteiger charge is -2.33. The second-order valence-electron chi connectivity index (χ2n) is 9.71. The van der Waals surface area contributed by atoms with Crippen LogP contribution < -0.4 is 9.62 Å². The highest BCUT2D eigenvalue weighted by Crippen LogP contribution is 2.36. The van der Waals surface area contributed by atoms with Crippen molar-refractivity contribution in [1.82, 2.24) is 10.2 Å². The van der Waals surface area contributed by atoms with Gasteiger partial charge in [-0.25, -0.2) is 8.42 Å². The number of amides is 2. The molecule has 0 bridgehead atoms. The van der Waals surface area contributed by atoms with Crippen LogP contribution in [0.4, 0.5) is 18.9 Å². The van der Waals surface area contributed by atoms with Crippen LogP contribution in [0.25, 0.3) is 0 Å². The number of carbonyl (C=O) groups excluding carboxylic acids is 2. The van der Waals surface area contributed by atoms with Crippen molar-refractivity contribution >= 4 is 62.3 Å². The fourth-order valence-corrected chi connectivity index (χ4v) is 6.05. The molecule has 220 valence electrons. The Morgan fingerprint density at radius 2 is 1.68 bits per heavy atom. The Morgan fingerprint density at radius 3 is 2.25 bits per heavy atom. The Labute approximate surface area is 246 Å². The molecule has 1 aliphatic rings. The number of nitrogens with one attached hydrogen (secondary N) is 1. The lowest BCUT2D eigenvalue weighted by molar-refractivity contribution is -0.139. The van der Waals surface area contributed by atoms with Crippen LogP contribution in [-0.2, 0) is 32.3 Å². The van der Waals surface area contributed by atoms with Gasteiger partial charge in [0.25, 0.3) is 0 Å². The van der Waals surface area contributed by atoms with E-state index in [-0.39, 0.29) is 22.6 Å². The van der Waals surface area contributed by atoms with E-state index in [1.165, 1.54) is 13.0 Å². The molecule has 1 atom stereocenters. The van der Waals surface area contributed by atoms with E-state index in [2.05, 4.69) is 5.32 Å². The number of rotatable bonds is 9. The van der Waals surface area contributed by atoms with Gasteiger partial charge in [0, 0.05) is 22.6 Å². The SMILES string of the molecule is C[C@@H](C(=O)NC1CCCCC1)N(Cc1ccc(Cl)cc1Cl)C(=O)CN(c1cc(C(F)(F)F)ccc1Cl)S(C)(=O)=O. The Bertz CT molecular complexity index is 1350. The molecule has 0 aliphatic heterocycles. The Hall–Kier alpha value is -2.21. The van der Waals surface area contributed by atoms with E-state index < -0.39 is 51.9 Å². The molecular formula is C26H29Cl3F3N3O4S. The average molecular weight is 643 g/mol. The standard InChI is InChI=1S/C26H29Cl3F3N3O4S/c1-16(25(37)33-20-6-4-3-5-7-20)34(14-17-8-10-19(27)13-22(17)29)24(36)15-35(40(2,38)39)23-12-18(26(30,31)32)9-11-21(23)28/h8-13,16,20H,3-7,14-15H2,1-2H3,(H,33,37)/t16-/m0/s1. The summed E-state index contributed by atoms with van der Waals surface area (Å²) < 4.78 is 66.1. The van der Waals surface area contributed by atoms with Gasteiger partial charge < -0.3 is 10.2 Å². The minimum Gasteiger partial charge on any atom is -0.352 e. The largest absolute Gasteiger partial charge is 0.416 e. The summed E-state index contributed by atoms with van der Waals surface area (Å²) in [5, 5.41) is 3.20. The lowest BCUT2D eigenvalue weighted by atomic mass is 9.95. The fraction of sp³-hybridized carbons (Fsp3) is 0.462. The van der Waals surface area contributed by atoms with Crippen molar-refractivity contribution in [3.05, 3.63) is 62.6 Å². The van der Waals surface area contributed by atoms with Crippen molar-refractivity contribution in [1.29, 1.82) is 0 Å². The van der Waals surface area contributed by atoms with E-state index in [1.54, 1.807) is 12.1 Å². The Morgan fingerprint density at radius 1 is 1.02 bits per heavy atom. The van der Waals surface area contributed by atoms with Gasteiger partial charge >= 0.3 is 6.18 Å². The van der Waals surface area contributed by atoms with E-state index >= 15 is 0 Å². The average Bonchev–Trinajstić information content (AvgIpc) is 2.86. The summed E-state index contributed by atoms with van der Waals surface area (Å²) in [6.45, 7) is 0.385. The van der Waals surface area contributed by atoms with Crippen LogP contribution in [-0.4, -0.2) is 50.0 Å². The summed E-state index contributed by atoms with van der Waals surface area (Å²) >= 11 is 18.4. The molecule has 1 fully saturated rings. The summed E-state index contributed by atoms with van der Waals surface area (Å²) in [5.41, 5.74) is -1.23. The van der Waals surface area contributed by atoms with Crippen molar-refractivity contribution in [2.24, 2.45) is 0 Å². The van der Waals surface area contributed by atoms with Crippen LogP contribution in [0.3, 0.4) is 0 Å². The Balaban J connectivity index is 1.97. The van der Waals surface area contributed by atoms with Gasteiger partial charge in [-0.2, -0.15) is 13.2 Å². The molecule has 7 nitrogen and oxygen atoms in total. The third-order valence-corrected chi connectivity index (χ3v) is 8.73. The second-order valence-corrected chi connectivity index (χ2v) is 12.9. The van der Waals surface area contributed by atoms with Crippen molar-refractivity contribution in [3.8, 4) is 0 Å². The first-order chi connectivity index (χ1) is 18.6. The minimum atomic E-state index is -4.78. The maximum absolute atomic E-state index is 13.7. The third-order valence-electron chi connectivity index (χ3n) is 6.70. The minimum absolute atomic E-state index is 0.0591. The summed E-state index contributed by atoms with van der Waals surface area (Å²) in [6, 6.07) is 5.62. The molecule has 2 amide bonds. The first kappa shape index (κ1) is 32.3. The summed E-state index contributed by atoms with van der Waals surface area (Å²) in [5.74, 6) is -1.30. The second kappa shape index (κ2) is 13.2. The van der Waals surface area contributed by atoms with E-state index in [9.17, 15) is 31.2 Å². The zero-order valence-electron chi connectivity index (χ0n) is 21.8. The van der Waals surface area contributed by atoms with Crippen molar-refractivity contribution in [3.63, 3.8) is 0 Å². The summed E-state index contributed by atoms with van der Waals surface area (Å²) in [6.07, 6.45) is 0.552. The van der Waals surface area contributed by atoms with Crippen LogP contribution in [0.5, 0.6) is 0 Å². The van der Waals surface area contributed by atoms with Crippen LogP contribution in [0.2, 0.25) is 15.1 Å². The zero-order valence-corrected chi connectivity index (χ0v) is 24.9. The number of carbonyl (C=O) groups is 2. The highest BCUT2D eigenvalue weighted by Gasteiger charge is 2.35. The molecule has 1 N–H and O–H groups in total. The predicted molar refractivity (Wildman–Crippen MR) is 150 cm³/mol. The Kier molecular flexibility index (Phi) is 10.6. The predicted octanol–water partition coefficient (Wildman–Crippen LogP) is 6.30. The molecule has 3 rings (SSSR count). The number of hydrogen-bond donors (Lipinski definition) is 1. The third kappa shape index (κ3) is 8.41. The number of benzene rings is 2. The molecular weight excluding hydrogens is 614 g/mol. The molecule has 0 aromatic heterocycles. The van der Waals surface area contributed by atoms with E-state index in [0.717, 1.165) is 49.3 Å². The molecule has 0 heterocycles. The van der Waals surface area contributed by atoms with Gasteiger partial charge in [-0.3, -0.25) is 13.9 Å². The molecule has 1 aliphatic carbocycles. The maximum Gasteiger partial charge on any atom is 0.416 e.